The summed E-state index contributed by atoms with van der Waals surface area (Å²) in [5.41, 5.74) is 0.578. The highest BCUT2D eigenvalue weighted by Gasteiger charge is 2.44. The van der Waals surface area contributed by atoms with E-state index in [-0.39, 0.29) is 6.61 Å². The SMILES string of the molecule is CCC(C)CC(C)CC(C)CC(C)CC(C)CC(C)CC(C)CC(C)CC(C)Cn1cc(CO[C@@H]2O[C@H](CO)[C@H](O)[C@H](O)[C@H]2O)nn1. The summed E-state index contributed by atoms with van der Waals surface area (Å²) in [5.74, 6) is 6.64. The summed E-state index contributed by atoms with van der Waals surface area (Å²) in [6, 6.07) is 0. The van der Waals surface area contributed by atoms with Crippen molar-refractivity contribution >= 4 is 0 Å². The van der Waals surface area contributed by atoms with Crippen LogP contribution in [0, 0.1) is 53.3 Å². The third-order valence-electron chi connectivity index (χ3n) is 10.5. The molecule has 4 N–H and O–H groups in total. The lowest BCUT2D eigenvalue weighted by atomic mass is 9.80. The zero-order chi connectivity index (χ0) is 35.3. The van der Waals surface area contributed by atoms with Crippen LogP contribution < -0.4 is 0 Å². The quantitative estimate of drug-likeness (QED) is 0.0997. The van der Waals surface area contributed by atoms with Crippen molar-refractivity contribution < 1.29 is 29.9 Å². The lowest BCUT2D eigenvalue weighted by molar-refractivity contribution is -0.304. The number of hydrogen-bond donors (Lipinski definition) is 4. The molecule has 1 saturated heterocycles. The van der Waals surface area contributed by atoms with E-state index in [4.69, 9.17) is 9.47 Å². The summed E-state index contributed by atoms with van der Waals surface area (Å²) in [4.78, 5) is 0. The van der Waals surface area contributed by atoms with Crippen molar-refractivity contribution in [2.45, 2.75) is 171 Å². The Morgan fingerprint density at radius 2 is 1.09 bits per heavy atom. The van der Waals surface area contributed by atoms with E-state index >= 15 is 0 Å². The minimum Gasteiger partial charge on any atom is -0.394 e. The van der Waals surface area contributed by atoms with Gasteiger partial charge >= 0.3 is 0 Å². The number of aromatic nitrogens is 3. The fourth-order valence-electron chi connectivity index (χ4n) is 8.60. The molecule has 1 aromatic heterocycles. The van der Waals surface area contributed by atoms with E-state index in [9.17, 15) is 20.4 Å². The van der Waals surface area contributed by atoms with Crippen LogP contribution in [0.1, 0.15) is 133 Å². The van der Waals surface area contributed by atoms with Gasteiger partial charge in [0.2, 0.25) is 0 Å². The van der Waals surface area contributed by atoms with Gasteiger partial charge < -0.3 is 29.9 Å². The van der Waals surface area contributed by atoms with E-state index in [2.05, 4.69) is 79.5 Å². The molecule has 9 nitrogen and oxygen atoms in total. The van der Waals surface area contributed by atoms with Gasteiger partial charge in [-0.2, -0.15) is 0 Å². The first-order valence-electron chi connectivity index (χ1n) is 18.9. The minimum absolute atomic E-state index is 0.0254. The zero-order valence-electron chi connectivity index (χ0n) is 31.6. The van der Waals surface area contributed by atoms with Crippen LogP contribution in [0.3, 0.4) is 0 Å². The number of rotatable bonds is 23. The topological polar surface area (TPSA) is 130 Å². The maximum absolute atomic E-state index is 10.2. The Kier molecular flexibility index (Phi) is 19.0. The first-order chi connectivity index (χ1) is 22.1. The number of aliphatic hydroxyl groups is 4. The average molecular weight is 668 g/mol. The van der Waals surface area contributed by atoms with Gasteiger partial charge in [0.1, 0.15) is 30.1 Å². The summed E-state index contributed by atoms with van der Waals surface area (Å²) in [7, 11) is 0. The highest BCUT2D eigenvalue weighted by Crippen LogP contribution is 2.32. The van der Waals surface area contributed by atoms with Crippen LogP contribution in [0.5, 0.6) is 0 Å². The second-order valence-electron chi connectivity index (χ2n) is 16.7. The fourth-order valence-corrected chi connectivity index (χ4v) is 8.60. The standard InChI is InChI=1S/C38H73N3O6/c1-11-24(2)12-25(3)13-26(4)14-27(5)15-28(6)16-29(7)17-30(8)18-31(9)19-32(10)20-41-21-33(39-40-41)23-46-38-37(45)36(44)35(43)34(22-42)47-38/h21,24-32,34-38,42-45H,11-20,22-23H2,1-10H3/t24?,25?,26?,27?,28?,29?,30?,31?,32?,34-,35+,36+,37-,38-/m1/s1. The molecule has 0 aliphatic carbocycles. The summed E-state index contributed by atoms with van der Waals surface area (Å²) in [6.07, 6.45) is 7.06. The monoisotopic (exact) mass is 668 g/mol. The van der Waals surface area contributed by atoms with Crippen molar-refractivity contribution in [3.05, 3.63) is 11.9 Å². The molecule has 0 radical (unpaired) electrons. The maximum atomic E-state index is 10.2. The summed E-state index contributed by atoms with van der Waals surface area (Å²) >= 11 is 0. The maximum Gasteiger partial charge on any atom is 0.187 e. The number of ether oxygens (including phenoxy) is 2. The highest BCUT2D eigenvalue weighted by molar-refractivity contribution is 4.92. The first-order valence-corrected chi connectivity index (χ1v) is 18.9. The van der Waals surface area contributed by atoms with Crippen molar-refractivity contribution in [2.75, 3.05) is 6.61 Å². The molecule has 0 spiro atoms. The van der Waals surface area contributed by atoms with E-state index in [0.717, 1.165) is 48.5 Å². The van der Waals surface area contributed by atoms with Gasteiger partial charge in [-0.1, -0.05) is 80.9 Å². The molecule has 1 fully saturated rings. The number of aliphatic hydroxyl groups excluding tert-OH is 4. The van der Waals surface area contributed by atoms with Crippen molar-refractivity contribution in [1.29, 1.82) is 0 Å². The Hall–Kier alpha value is -1.10. The van der Waals surface area contributed by atoms with Crippen LogP contribution in [-0.4, -0.2) is 72.7 Å². The normalized spacial score (nSPS) is 27.8. The summed E-state index contributed by atoms with van der Waals surface area (Å²) in [5, 5.41) is 47.9. The van der Waals surface area contributed by atoms with Gasteiger partial charge in [0.15, 0.2) is 6.29 Å². The Morgan fingerprint density at radius 3 is 1.51 bits per heavy atom. The molecule has 47 heavy (non-hydrogen) atoms. The molecule has 2 rings (SSSR count). The van der Waals surface area contributed by atoms with Crippen molar-refractivity contribution in [3.8, 4) is 0 Å². The lowest BCUT2D eigenvalue weighted by Gasteiger charge is -2.39. The highest BCUT2D eigenvalue weighted by atomic mass is 16.7. The fraction of sp³-hybridized carbons (Fsp3) is 0.947. The molecule has 0 amide bonds. The molecule has 276 valence electrons. The van der Waals surface area contributed by atoms with Gasteiger partial charge in [0.25, 0.3) is 0 Å². The third-order valence-corrected chi connectivity index (χ3v) is 10.5. The van der Waals surface area contributed by atoms with Crippen LogP contribution in [0.25, 0.3) is 0 Å². The van der Waals surface area contributed by atoms with Crippen LogP contribution in [0.4, 0.5) is 0 Å². The summed E-state index contributed by atoms with van der Waals surface area (Å²) in [6.45, 7) is 24.4. The van der Waals surface area contributed by atoms with Crippen LogP contribution >= 0.6 is 0 Å². The predicted octanol–water partition coefficient (Wildman–Crippen LogP) is 6.85. The Bertz CT molecular complexity index is 962. The first kappa shape index (κ1) is 42.1. The zero-order valence-corrected chi connectivity index (χ0v) is 31.6. The smallest absolute Gasteiger partial charge is 0.187 e. The van der Waals surface area contributed by atoms with Gasteiger partial charge in [-0.05, 0) is 105 Å². The predicted molar refractivity (Wildman–Crippen MR) is 188 cm³/mol. The van der Waals surface area contributed by atoms with E-state index < -0.39 is 37.3 Å². The molecule has 2 heterocycles. The average Bonchev–Trinajstić information content (AvgIpc) is 3.41. The van der Waals surface area contributed by atoms with Crippen LogP contribution in [0.15, 0.2) is 6.20 Å². The van der Waals surface area contributed by atoms with Gasteiger partial charge in [-0.25, -0.2) is 0 Å². The van der Waals surface area contributed by atoms with E-state index in [1.807, 2.05) is 10.9 Å². The third kappa shape index (κ3) is 15.5. The molecule has 1 aromatic rings. The number of nitrogens with zero attached hydrogens (tertiary/aromatic N) is 3. The second-order valence-corrected chi connectivity index (χ2v) is 16.7. The Labute approximate surface area is 287 Å². The van der Waals surface area contributed by atoms with Gasteiger partial charge in [-0.3, -0.25) is 4.68 Å². The molecule has 0 bridgehead atoms. The van der Waals surface area contributed by atoms with Gasteiger partial charge in [0.05, 0.1) is 19.4 Å². The van der Waals surface area contributed by atoms with Crippen molar-refractivity contribution in [3.63, 3.8) is 0 Å². The molecular formula is C38H73N3O6. The Morgan fingerprint density at radius 1 is 0.660 bits per heavy atom. The second kappa shape index (κ2) is 21.2. The molecule has 9 heteroatoms. The van der Waals surface area contributed by atoms with Crippen LogP contribution in [-0.2, 0) is 22.6 Å². The van der Waals surface area contributed by atoms with E-state index in [0.29, 0.717) is 23.4 Å². The van der Waals surface area contributed by atoms with Crippen molar-refractivity contribution in [1.82, 2.24) is 15.0 Å². The minimum atomic E-state index is -1.47. The van der Waals surface area contributed by atoms with Crippen LogP contribution in [0.2, 0.25) is 0 Å². The molecule has 14 atom stereocenters. The van der Waals surface area contributed by atoms with Gasteiger partial charge in [0, 0.05) is 6.54 Å². The number of hydrogen-bond acceptors (Lipinski definition) is 8. The molecule has 0 saturated carbocycles. The molecule has 0 aromatic carbocycles. The largest absolute Gasteiger partial charge is 0.394 e. The van der Waals surface area contributed by atoms with Gasteiger partial charge in [-0.15, -0.1) is 5.10 Å². The van der Waals surface area contributed by atoms with Crippen molar-refractivity contribution in [2.24, 2.45) is 53.3 Å². The molecule has 9 unspecified atom stereocenters. The lowest BCUT2D eigenvalue weighted by Crippen LogP contribution is -2.59. The summed E-state index contributed by atoms with van der Waals surface area (Å²) < 4.78 is 12.8. The van der Waals surface area contributed by atoms with E-state index in [1.165, 1.54) is 51.4 Å². The molecule has 1 aliphatic rings. The molecule has 1 aliphatic heterocycles. The Balaban J connectivity index is 1.66. The van der Waals surface area contributed by atoms with E-state index in [1.54, 1.807) is 0 Å². The molecular weight excluding hydrogens is 594 g/mol.